The van der Waals surface area contributed by atoms with Gasteiger partial charge in [-0.2, -0.15) is 0 Å². The van der Waals surface area contributed by atoms with Gasteiger partial charge in [0.05, 0.1) is 18.8 Å². The molecule has 0 amide bonds. The largest absolute Gasteiger partial charge is 0.483 e. The summed E-state index contributed by atoms with van der Waals surface area (Å²) in [5, 5.41) is 18.1. The van der Waals surface area contributed by atoms with Crippen LogP contribution in [0.3, 0.4) is 0 Å². The van der Waals surface area contributed by atoms with Crippen LogP contribution in [0.5, 0.6) is 0 Å². The second-order valence-corrected chi connectivity index (χ2v) is 7.60. The molecule has 6 heteroatoms. The van der Waals surface area contributed by atoms with Crippen LogP contribution in [0.15, 0.2) is 36.5 Å². The molecule has 2 bridgehead atoms. The third-order valence-corrected chi connectivity index (χ3v) is 6.02. The van der Waals surface area contributed by atoms with Crippen LogP contribution in [0, 0.1) is 5.92 Å². The molecule has 2 atom stereocenters. The molecule has 3 saturated heterocycles. The summed E-state index contributed by atoms with van der Waals surface area (Å²) in [6.07, 6.45) is 7.48. The van der Waals surface area contributed by atoms with Crippen LogP contribution in [0.1, 0.15) is 48.2 Å². The molecule has 26 heavy (non-hydrogen) atoms. The molecular weight excluding hydrogens is 328 g/mol. The third kappa shape index (κ3) is 2.83. The summed E-state index contributed by atoms with van der Waals surface area (Å²) in [5.41, 5.74) is 2.82. The summed E-state index contributed by atoms with van der Waals surface area (Å²) in [5.74, 6) is 1.54. The number of fused-ring (bicyclic) bond motifs is 3. The Morgan fingerprint density at radius 2 is 2.12 bits per heavy atom. The minimum atomic E-state index is -0.0153. The maximum absolute atomic E-state index is 9.33. The van der Waals surface area contributed by atoms with Gasteiger partial charge in [0.2, 0.25) is 0 Å². The van der Waals surface area contributed by atoms with Crippen LogP contribution in [0.4, 0.5) is 0 Å². The van der Waals surface area contributed by atoms with Gasteiger partial charge >= 0.3 is 0 Å². The van der Waals surface area contributed by atoms with Crippen LogP contribution in [-0.4, -0.2) is 44.6 Å². The molecular formula is C20H24N4O2. The highest BCUT2D eigenvalue weighted by Crippen LogP contribution is 2.37. The van der Waals surface area contributed by atoms with E-state index in [-0.39, 0.29) is 12.7 Å². The lowest BCUT2D eigenvalue weighted by Gasteiger charge is -2.44. The van der Waals surface area contributed by atoms with E-state index < -0.39 is 0 Å². The second kappa shape index (κ2) is 6.52. The number of rotatable bonds is 4. The summed E-state index contributed by atoms with van der Waals surface area (Å²) in [6, 6.07) is 8.38. The van der Waals surface area contributed by atoms with Gasteiger partial charge in [0, 0.05) is 13.0 Å². The van der Waals surface area contributed by atoms with E-state index in [9.17, 15) is 5.11 Å². The van der Waals surface area contributed by atoms with Crippen molar-refractivity contribution in [3.05, 3.63) is 53.4 Å². The molecule has 2 aromatic rings. The molecule has 0 aliphatic carbocycles. The van der Waals surface area contributed by atoms with Gasteiger partial charge in [-0.15, -0.1) is 5.10 Å². The second-order valence-electron chi connectivity index (χ2n) is 7.60. The van der Waals surface area contributed by atoms with Gasteiger partial charge in [-0.3, -0.25) is 0 Å². The Hall–Kier alpha value is -2.18. The summed E-state index contributed by atoms with van der Waals surface area (Å²) in [7, 11) is 0. The van der Waals surface area contributed by atoms with Crippen LogP contribution >= 0.6 is 0 Å². The number of ether oxygens (including phenoxy) is 1. The van der Waals surface area contributed by atoms with E-state index >= 15 is 0 Å². The number of hydrogen-bond acceptors (Lipinski definition) is 5. The lowest BCUT2D eigenvalue weighted by atomic mass is 9.84. The Labute approximate surface area is 153 Å². The maximum atomic E-state index is 9.33. The molecule has 0 spiro atoms. The molecule has 4 aliphatic rings. The Morgan fingerprint density at radius 1 is 1.23 bits per heavy atom. The van der Waals surface area contributed by atoms with Gasteiger partial charge in [0.25, 0.3) is 0 Å². The first-order chi connectivity index (χ1) is 12.8. The number of nitrogens with zero attached hydrogens (tertiary/aromatic N) is 4. The van der Waals surface area contributed by atoms with Gasteiger partial charge in [-0.1, -0.05) is 23.4 Å². The smallest absolute Gasteiger partial charge is 0.147 e. The number of benzene rings is 1. The molecule has 6 rings (SSSR count). The lowest BCUT2D eigenvalue weighted by molar-refractivity contribution is 0.0503. The SMILES string of the molecule is OCc1cccc(C2CC=C(c3cn(C4CN5CCC4CC5)nn3)O2)c1. The molecule has 136 valence electrons. The minimum absolute atomic E-state index is 0.0153. The highest BCUT2D eigenvalue weighted by atomic mass is 16.5. The zero-order valence-corrected chi connectivity index (χ0v) is 14.8. The minimum Gasteiger partial charge on any atom is -0.483 e. The highest BCUT2D eigenvalue weighted by molar-refractivity contribution is 5.57. The first-order valence-electron chi connectivity index (χ1n) is 9.51. The molecule has 1 aromatic carbocycles. The van der Waals surface area contributed by atoms with Gasteiger partial charge in [0.1, 0.15) is 17.6 Å². The first-order valence-corrected chi connectivity index (χ1v) is 9.51. The normalized spacial score (nSPS) is 30.3. The fourth-order valence-electron chi connectivity index (χ4n) is 4.51. The topological polar surface area (TPSA) is 63.4 Å². The number of hydrogen-bond donors (Lipinski definition) is 1. The van der Waals surface area contributed by atoms with Gasteiger partial charge in [-0.05, 0) is 55.1 Å². The number of aliphatic hydroxyl groups is 1. The zero-order chi connectivity index (χ0) is 17.5. The molecule has 5 heterocycles. The molecule has 6 nitrogen and oxygen atoms in total. The summed E-state index contributed by atoms with van der Waals surface area (Å²) >= 11 is 0. The standard InChI is InChI=1S/C20H24N4O2/c25-13-14-2-1-3-16(10-14)19-4-5-20(26-19)17-11-24(22-21-17)18-12-23-8-6-15(18)7-9-23/h1-3,5,10-11,15,18-19,25H,4,6-9,12-13H2. The predicted molar refractivity (Wildman–Crippen MR) is 97.0 cm³/mol. The Bertz CT molecular complexity index is 823. The summed E-state index contributed by atoms with van der Waals surface area (Å²) in [4.78, 5) is 2.53. The van der Waals surface area contributed by atoms with Crippen molar-refractivity contribution in [2.45, 2.75) is 38.0 Å². The quantitative estimate of drug-likeness (QED) is 0.916. The van der Waals surface area contributed by atoms with Gasteiger partial charge < -0.3 is 14.7 Å². The highest BCUT2D eigenvalue weighted by Gasteiger charge is 2.36. The molecule has 2 unspecified atom stereocenters. The molecule has 1 N–H and O–H groups in total. The van der Waals surface area contributed by atoms with Gasteiger partial charge in [-0.25, -0.2) is 4.68 Å². The van der Waals surface area contributed by atoms with Crippen molar-refractivity contribution in [1.29, 1.82) is 0 Å². The average molecular weight is 352 g/mol. The van der Waals surface area contributed by atoms with Crippen molar-refractivity contribution in [2.75, 3.05) is 19.6 Å². The fourth-order valence-corrected chi connectivity index (χ4v) is 4.51. The van der Waals surface area contributed by atoms with Crippen LogP contribution in [0.2, 0.25) is 0 Å². The molecule has 4 aliphatic heterocycles. The van der Waals surface area contributed by atoms with E-state index in [1.807, 2.05) is 30.5 Å². The Balaban J connectivity index is 1.30. The Kier molecular flexibility index (Phi) is 4.02. The van der Waals surface area contributed by atoms with E-state index in [4.69, 9.17) is 4.74 Å². The van der Waals surface area contributed by atoms with Crippen molar-refractivity contribution in [1.82, 2.24) is 19.9 Å². The van der Waals surface area contributed by atoms with Crippen molar-refractivity contribution < 1.29 is 9.84 Å². The Morgan fingerprint density at radius 3 is 2.88 bits per heavy atom. The zero-order valence-electron chi connectivity index (χ0n) is 14.8. The number of piperidine rings is 3. The van der Waals surface area contributed by atoms with E-state index in [0.29, 0.717) is 6.04 Å². The van der Waals surface area contributed by atoms with E-state index in [2.05, 4.69) is 26.0 Å². The monoisotopic (exact) mass is 352 g/mol. The maximum Gasteiger partial charge on any atom is 0.147 e. The molecule has 0 saturated carbocycles. The van der Waals surface area contributed by atoms with Crippen molar-refractivity contribution in [3.8, 4) is 0 Å². The third-order valence-electron chi connectivity index (χ3n) is 6.02. The van der Waals surface area contributed by atoms with Crippen molar-refractivity contribution in [3.63, 3.8) is 0 Å². The number of aliphatic hydroxyl groups excluding tert-OH is 1. The average Bonchev–Trinajstić information content (AvgIpc) is 3.38. The number of aromatic nitrogens is 3. The fraction of sp³-hybridized carbons (Fsp3) is 0.500. The molecule has 3 fully saturated rings. The lowest BCUT2D eigenvalue weighted by Crippen LogP contribution is -2.48. The van der Waals surface area contributed by atoms with Gasteiger partial charge in [0.15, 0.2) is 0 Å². The first kappa shape index (κ1) is 16.0. The van der Waals surface area contributed by atoms with E-state index in [1.165, 1.54) is 25.9 Å². The van der Waals surface area contributed by atoms with Crippen LogP contribution < -0.4 is 0 Å². The molecule has 1 aromatic heterocycles. The van der Waals surface area contributed by atoms with Crippen molar-refractivity contribution >= 4 is 5.76 Å². The molecule has 0 radical (unpaired) electrons. The summed E-state index contributed by atoms with van der Waals surface area (Å²) in [6.45, 7) is 3.59. The van der Waals surface area contributed by atoms with E-state index in [0.717, 1.165) is 41.5 Å². The summed E-state index contributed by atoms with van der Waals surface area (Å²) < 4.78 is 8.20. The van der Waals surface area contributed by atoms with Crippen molar-refractivity contribution in [2.24, 2.45) is 5.92 Å². The van der Waals surface area contributed by atoms with Crippen LogP contribution in [-0.2, 0) is 11.3 Å². The van der Waals surface area contributed by atoms with Crippen LogP contribution in [0.25, 0.3) is 5.76 Å². The predicted octanol–water partition coefficient (Wildman–Crippen LogP) is 2.54. The van der Waals surface area contributed by atoms with E-state index in [1.54, 1.807) is 0 Å².